The first-order chi connectivity index (χ1) is 48.0. The summed E-state index contributed by atoms with van der Waals surface area (Å²) in [4.78, 5) is 58.0. The maximum absolute atomic E-state index is 13.8. The molecule has 14 rings (SSSR count). The highest BCUT2D eigenvalue weighted by molar-refractivity contribution is 7.91. The number of sulfonamides is 2. The molecule has 4 amide bonds. The lowest BCUT2D eigenvalue weighted by atomic mass is 9.68. The molecule has 18 nitrogen and oxygen atoms in total. The van der Waals surface area contributed by atoms with Crippen LogP contribution in [-0.2, 0) is 53.3 Å². The largest absolute Gasteiger partial charge is 0.490 e. The lowest BCUT2D eigenvalue weighted by molar-refractivity contribution is -0.117. The number of hydrogen-bond acceptors (Lipinski definition) is 14. The van der Waals surface area contributed by atoms with Gasteiger partial charge in [0, 0.05) is 92.4 Å². The highest BCUT2D eigenvalue weighted by Gasteiger charge is 2.47. The van der Waals surface area contributed by atoms with E-state index in [4.69, 9.17) is 55.9 Å². The minimum atomic E-state index is -4.31. The molecule has 24 heteroatoms. The Labute approximate surface area is 604 Å². The second-order valence-electron chi connectivity index (χ2n) is 28.3. The molecule has 6 N–H and O–H groups in total. The van der Waals surface area contributed by atoms with E-state index in [-0.39, 0.29) is 71.3 Å². The average molecular weight is 1480 g/mol. The van der Waals surface area contributed by atoms with Crippen molar-refractivity contribution in [3.8, 4) is 11.5 Å². The van der Waals surface area contributed by atoms with Crippen LogP contribution in [0.3, 0.4) is 0 Å². The molecule has 6 aromatic rings. The number of hydrogen-bond donors (Lipinski definition) is 6. The van der Waals surface area contributed by atoms with Crippen LogP contribution in [0.4, 0.5) is 22.7 Å². The maximum atomic E-state index is 13.8. The zero-order valence-electron chi connectivity index (χ0n) is 55.2. The fourth-order valence-electron chi connectivity index (χ4n) is 16.2. The number of carbonyl (C=O) groups excluding carboxylic acids is 4. The third-order valence-electron chi connectivity index (χ3n) is 21.7. The Kier molecular flexibility index (Phi) is 21.4. The summed E-state index contributed by atoms with van der Waals surface area (Å²) < 4.78 is 72.6. The summed E-state index contributed by atoms with van der Waals surface area (Å²) >= 11 is 24.9. The minimum absolute atomic E-state index is 0.0367. The highest BCUT2D eigenvalue weighted by atomic mass is 35.5. The summed E-state index contributed by atoms with van der Waals surface area (Å²) in [6.07, 6.45) is 15.0. The number of anilines is 4. The van der Waals surface area contributed by atoms with Gasteiger partial charge in [-0.05, 0) is 233 Å². The molecule has 4 aliphatic heterocycles. The summed E-state index contributed by atoms with van der Waals surface area (Å²) in [5.74, 6) is -0.865. The Hall–Kier alpha value is -7.14. The van der Waals surface area contributed by atoms with Gasteiger partial charge in [0.2, 0.25) is 31.9 Å². The molecule has 2 fully saturated rings. The van der Waals surface area contributed by atoms with E-state index < -0.39 is 66.4 Å². The Morgan fingerprint density at radius 3 is 1.35 bits per heavy atom. The van der Waals surface area contributed by atoms with E-state index in [1.807, 2.05) is 24.3 Å². The van der Waals surface area contributed by atoms with Crippen LogP contribution >= 0.6 is 46.4 Å². The van der Waals surface area contributed by atoms with Crippen LogP contribution in [0.25, 0.3) is 0 Å². The lowest BCUT2D eigenvalue weighted by Crippen LogP contribution is -2.49. The van der Waals surface area contributed by atoms with Crippen LogP contribution in [0.5, 0.6) is 11.5 Å². The summed E-state index contributed by atoms with van der Waals surface area (Å²) in [5.41, 5.74) is 6.89. The summed E-state index contributed by atoms with van der Waals surface area (Å²) in [6, 6.07) is 35.4. The SMILES string of the molecule is O=C(C[C@@H]1CC/C=C/[C@H](O)[C@@H]2CC[C@H]2CN2C[C@@]3(CCCc4cc(Cl)ccc43)COc3ccc(cc32)C(=O)NS1(=O)=O)Nc1cccc(Cl)c1.O=C(C[C@H]1CC/C=C/[C@H](O)[C@@H]2CC[C@H]2CN2C[C@@]3(CCCc4cc(Cl)ccc43)COc3ccc(cc32)C(=O)NS1(=O)=O)Nc1cccc(Cl)c1. The normalized spacial score (nSPS) is 28.1. The van der Waals surface area contributed by atoms with Crippen LogP contribution in [0.1, 0.15) is 133 Å². The van der Waals surface area contributed by atoms with Gasteiger partial charge in [0.15, 0.2) is 0 Å². The Bertz CT molecular complexity index is 4150. The first-order valence-corrected chi connectivity index (χ1v) is 39.1. The fourth-order valence-corrected chi connectivity index (χ4v) is 19.7. The molecular formula is C76H82Cl4N6O12S2. The van der Waals surface area contributed by atoms with Gasteiger partial charge in [-0.15, -0.1) is 0 Å². The predicted octanol–water partition coefficient (Wildman–Crippen LogP) is 13.3. The molecule has 4 bridgehead atoms. The molecule has 8 aliphatic rings. The number of allylic oxidation sites excluding steroid dienone is 2. The number of aliphatic hydroxyl groups excluding tert-OH is 2. The molecule has 0 saturated heterocycles. The first kappa shape index (κ1) is 71.3. The van der Waals surface area contributed by atoms with E-state index in [2.05, 4.69) is 42.0 Å². The number of nitrogens with one attached hydrogen (secondary N) is 4. The number of fused-ring (bicyclic) bond motifs is 8. The van der Waals surface area contributed by atoms with Crippen LogP contribution in [0.15, 0.2) is 146 Å². The molecule has 2 spiro atoms. The van der Waals surface area contributed by atoms with Crippen molar-refractivity contribution < 1.29 is 55.7 Å². The van der Waals surface area contributed by atoms with Gasteiger partial charge in [0.1, 0.15) is 11.5 Å². The molecule has 6 aromatic carbocycles. The van der Waals surface area contributed by atoms with Gasteiger partial charge in [-0.25, -0.2) is 26.3 Å². The Morgan fingerprint density at radius 2 is 0.950 bits per heavy atom. The molecule has 0 unspecified atom stereocenters. The monoisotopic (exact) mass is 1470 g/mol. The van der Waals surface area contributed by atoms with Crippen molar-refractivity contribution in [3.63, 3.8) is 0 Å². The number of ether oxygens (including phenoxy) is 2. The van der Waals surface area contributed by atoms with E-state index in [1.165, 1.54) is 22.3 Å². The van der Waals surface area contributed by atoms with Crippen LogP contribution in [-0.4, -0.2) is 113 Å². The number of aliphatic hydroxyl groups is 2. The molecular weight excluding hydrogens is 1390 g/mol. The molecule has 100 heavy (non-hydrogen) atoms. The van der Waals surface area contributed by atoms with Gasteiger partial charge in [0.25, 0.3) is 11.8 Å². The topological polar surface area (TPSA) is 250 Å². The molecule has 0 radical (unpaired) electrons. The van der Waals surface area contributed by atoms with Gasteiger partial charge < -0.3 is 40.1 Å². The number of benzene rings is 6. The number of aryl methyl sites for hydroxylation is 2. The Balaban J connectivity index is 0.000000179. The van der Waals surface area contributed by atoms with Gasteiger partial charge in [0.05, 0.1) is 47.3 Å². The van der Waals surface area contributed by atoms with Crippen molar-refractivity contribution in [3.05, 3.63) is 199 Å². The van der Waals surface area contributed by atoms with Gasteiger partial charge in [-0.2, -0.15) is 0 Å². The smallest absolute Gasteiger partial charge is 0.264 e. The summed E-state index contributed by atoms with van der Waals surface area (Å²) in [6.45, 7) is 3.48. The highest BCUT2D eigenvalue weighted by Crippen LogP contribution is 2.50. The number of halogens is 4. The quantitative estimate of drug-likeness (QED) is 0.0849. The van der Waals surface area contributed by atoms with Crippen molar-refractivity contribution in [1.82, 2.24) is 9.44 Å². The number of rotatable bonds is 6. The molecule has 528 valence electrons. The molecule has 10 atom stereocenters. The van der Waals surface area contributed by atoms with Gasteiger partial charge in [-0.1, -0.05) is 95.0 Å². The van der Waals surface area contributed by atoms with Crippen molar-refractivity contribution in [2.75, 3.05) is 59.8 Å². The van der Waals surface area contributed by atoms with Gasteiger partial charge in [-0.3, -0.25) is 19.2 Å². The van der Waals surface area contributed by atoms with E-state index in [0.29, 0.717) is 107 Å². The van der Waals surface area contributed by atoms with Crippen molar-refractivity contribution in [2.45, 2.75) is 136 Å². The molecule has 4 heterocycles. The van der Waals surface area contributed by atoms with E-state index in [0.717, 1.165) is 64.2 Å². The fraction of sp³-hybridized carbons (Fsp3) is 0.421. The van der Waals surface area contributed by atoms with Gasteiger partial charge >= 0.3 is 0 Å². The predicted molar refractivity (Wildman–Crippen MR) is 391 cm³/mol. The van der Waals surface area contributed by atoms with Crippen molar-refractivity contribution in [1.29, 1.82) is 0 Å². The number of carbonyl (C=O) groups is 4. The Morgan fingerprint density at radius 1 is 0.530 bits per heavy atom. The minimum Gasteiger partial charge on any atom is -0.490 e. The summed E-state index contributed by atoms with van der Waals surface area (Å²) in [7, 11) is -8.61. The average Bonchev–Trinajstić information content (AvgIpc) is 1.51. The zero-order valence-corrected chi connectivity index (χ0v) is 59.9. The summed E-state index contributed by atoms with van der Waals surface area (Å²) in [5, 5.41) is 27.8. The second kappa shape index (κ2) is 30.0. The maximum Gasteiger partial charge on any atom is 0.264 e. The number of amides is 4. The van der Waals surface area contributed by atoms with E-state index >= 15 is 0 Å². The zero-order chi connectivity index (χ0) is 70.1. The van der Waals surface area contributed by atoms with E-state index in [1.54, 1.807) is 109 Å². The standard InChI is InChI=1S/2C38H41Cl2N3O6S/c2*39-27-6-3-7-29(19-27)41-36(45)20-30-8-1-2-9-34(44)31-13-10-26(31)21-43-22-38(16-4-5-24-17-28(40)12-14-32(24)38)23-49-35-15-11-25(18-33(35)43)37(46)42-50(30,47)48/h2*2-3,6-7,9,11-12,14-15,17-19,26,30-31,34,44H,1,4-5,8,10,13,16,20-23H2,(H,41,45)(H,42,46)/b2*9-2+/t26-,30+,31+,34-,38-;26-,30-,31+,34-,38-/m00/s1. The second-order valence-corrected chi connectivity index (χ2v) is 34.0. The third-order valence-corrected chi connectivity index (χ3v) is 26.1. The molecule has 4 aliphatic carbocycles. The number of nitrogens with zero attached hydrogens (tertiary/aromatic N) is 2. The third kappa shape index (κ3) is 15.9. The molecule has 2 saturated carbocycles. The van der Waals surface area contributed by atoms with Crippen LogP contribution in [0, 0.1) is 23.7 Å². The van der Waals surface area contributed by atoms with Crippen LogP contribution < -0.4 is 39.4 Å². The van der Waals surface area contributed by atoms with E-state index in [9.17, 15) is 46.2 Å². The lowest BCUT2D eigenvalue weighted by Gasteiger charge is -2.45. The van der Waals surface area contributed by atoms with Crippen molar-refractivity contribution in [2.24, 2.45) is 23.7 Å². The molecule has 0 aromatic heterocycles. The van der Waals surface area contributed by atoms with Crippen LogP contribution in [0.2, 0.25) is 20.1 Å². The van der Waals surface area contributed by atoms with Crippen molar-refractivity contribution >= 4 is 113 Å². The first-order valence-electron chi connectivity index (χ1n) is 34.5.